The highest BCUT2D eigenvalue weighted by Crippen LogP contribution is 2.35. The number of benzene rings is 2. The number of carbonyl (C=O) groups is 2. The third-order valence-electron chi connectivity index (χ3n) is 4.95. The third-order valence-corrected chi connectivity index (χ3v) is 5.24. The van der Waals surface area contributed by atoms with Gasteiger partial charge in [-0.15, -0.1) is 0 Å². The molecular weight excluding hydrogens is 360 g/mol. The zero-order valence-corrected chi connectivity index (χ0v) is 16.6. The summed E-state index contributed by atoms with van der Waals surface area (Å²) in [5, 5.41) is 3.53. The summed E-state index contributed by atoms with van der Waals surface area (Å²) in [5.74, 6) is -0.431. The molecule has 1 fully saturated rings. The molecule has 2 amide bonds. The van der Waals surface area contributed by atoms with Crippen LogP contribution in [0.4, 0.5) is 5.69 Å². The Kier molecular flexibility index (Phi) is 6.17. The van der Waals surface area contributed by atoms with Gasteiger partial charge >= 0.3 is 0 Å². The Hall–Kier alpha value is -2.33. The van der Waals surface area contributed by atoms with E-state index < -0.39 is 0 Å². The Morgan fingerprint density at radius 2 is 1.96 bits per heavy atom. The van der Waals surface area contributed by atoms with E-state index in [4.69, 9.17) is 11.6 Å². The normalized spacial score (nSPS) is 16.6. The van der Waals surface area contributed by atoms with Crippen LogP contribution in [0.15, 0.2) is 42.5 Å². The zero-order valence-electron chi connectivity index (χ0n) is 15.8. The summed E-state index contributed by atoms with van der Waals surface area (Å²) >= 11 is 6.37. The first kappa shape index (κ1) is 19.4. The van der Waals surface area contributed by atoms with Crippen molar-refractivity contribution in [2.75, 3.05) is 18.0 Å². The molecule has 2 aromatic rings. The van der Waals surface area contributed by atoms with Gasteiger partial charge in [-0.05, 0) is 49.4 Å². The molecule has 0 aromatic heterocycles. The van der Waals surface area contributed by atoms with Crippen LogP contribution in [0.2, 0.25) is 5.02 Å². The first-order valence-corrected chi connectivity index (χ1v) is 9.72. The summed E-state index contributed by atoms with van der Waals surface area (Å²) in [5.41, 5.74) is 4.00. The Morgan fingerprint density at radius 3 is 2.67 bits per heavy atom. The standard InChI is InChI=1S/C22H25ClN2O2/c1-15-11-16(2)21(19(23)12-15)25-14-18(13-20(25)26)22(27)24-10-6-9-17-7-4-3-5-8-17/h3-5,7-8,11-12,18H,6,9-10,13-14H2,1-2H3,(H,24,27). The van der Waals surface area contributed by atoms with Crippen LogP contribution in [0.1, 0.15) is 29.5 Å². The Labute approximate surface area is 165 Å². The van der Waals surface area contributed by atoms with Gasteiger partial charge in [-0.3, -0.25) is 9.59 Å². The summed E-state index contributed by atoms with van der Waals surface area (Å²) < 4.78 is 0. The maximum atomic E-state index is 12.5. The molecule has 1 atom stereocenters. The molecular formula is C22H25ClN2O2. The quantitative estimate of drug-likeness (QED) is 0.763. The molecule has 1 unspecified atom stereocenters. The van der Waals surface area contributed by atoms with E-state index in [1.807, 2.05) is 44.2 Å². The molecule has 1 heterocycles. The van der Waals surface area contributed by atoms with Crippen molar-refractivity contribution in [1.29, 1.82) is 0 Å². The first-order chi connectivity index (χ1) is 13.0. The third kappa shape index (κ3) is 4.69. The maximum Gasteiger partial charge on any atom is 0.227 e. The fourth-order valence-corrected chi connectivity index (χ4v) is 4.07. The maximum absolute atomic E-state index is 12.5. The van der Waals surface area contributed by atoms with E-state index in [9.17, 15) is 9.59 Å². The molecule has 2 aromatic carbocycles. The van der Waals surface area contributed by atoms with Crippen molar-refractivity contribution in [3.8, 4) is 0 Å². The second kappa shape index (κ2) is 8.57. The molecule has 1 N–H and O–H groups in total. The van der Waals surface area contributed by atoms with Gasteiger partial charge in [-0.1, -0.05) is 48.0 Å². The van der Waals surface area contributed by atoms with Crippen LogP contribution in [-0.2, 0) is 16.0 Å². The number of hydrogen-bond donors (Lipinski definition) is 1. The van der Waals surface area contributed by atoms with Crippen LogP contribution in [0.25, 0.3) is 0 Å². The summed E-state index contributed by atoms with van der Waals surface area (Å²) in [6, 6.07) is 14.1. The van der Waals surface area contributed by atoms with E-state index in [1.165, 1.54) is 5.56 Å². The van der Waals surface area contributed by atoms with E-state index in [2.05, 4.69) is 17.4 Å². The molecule has 0 aliphatic carbocycles. The lowest BCUT2D eigenvalue weighted by atomic mass is 10.1. The van der Waals surface area contributed by atoms with Gasteiger partial charge < -0.3 is 10.2 Å². The molecule has 0 radical (unpaired) electrons. The smallest absolute Gasteiger partial charge is 0.227 e. The highest BCUT2D eigenvalue weighted by molar-refractivity contribution is 6.34. The largest absolute Gasteiger partial charge is 0.356 e. The number of rotatable bonds is 6. The molecule has 3 rings (SSSR count). The minimum Gasteiger partial charge on any atom is -0.356 e. The summed E-state index contributed by atoms with van der Waals surface area (Å²) in [6.07, 6.45) is 2.03. The van der Waals surface area contributed by atoms with Crippen molar-refractivity contribution in [2.24, 2.45) is 5.92 Å². The van der Waals surface area contributed by atoms with Gasteiger partial charge in [0.1, 0.15) is 0 Å². The van der Waals surface area contributed by atoms with Gasteiger partial charge in [0.2, 0.25) is 11.8 Å². The SMILES string of the molecule is Cc1cc(C)c(N2CC(C(=O)NCCCc3ccccc3)CC2=O)c(Cl)c1. The predicted octanol–water partition coefficient (Wildman–Crippen LogP) is 4.06. The number of hydrogen-bond acceptors (Lipinski definition) is 2. The van der Waals surface area contributed by atoms with Gasteiger partial charge in [-0.25, -0.2) is 0 Å². The highest BCUT2D eigenvalue weighted by Gasteiger charge is 2.36. The van der Waals surface area contributed by atoms with Crippen LogP contribution in [0.3, 0.4) is 0 Å². The van der Waals surface area contributed by atoms with Crippen LogP contribution in [0, 0.1) is 19.8 Å². The van der Waals surface area contributed by atoms with Gasteiger partial charge in [-0.2, -0.15) is 0 Å². The lowest BCUT2D eigenvalue weighted by molar-refractivity contribution is -0.126. The summed E-state index contributed by atoms with van der Waals surface area (Å²) in [4.78, 5) is 26.6. The Morgan fingerprint density at radius 1 is 1.22 bits per heavy atom. The topological polar surface area (TPSA) is 49.4 Å². The predicted molar refractivity (Wildman–Crippen MR) is 109 cm³/mol. The van der Waals surface area contributed by atoms with Crippen molar-refractivity contribution < 1.29 is 9.59 Å². The minimum atomic E-state index is -0.328. The second-order valence-electron chi connectivity index (χ2n) is 7.20. The number of nitrogens with zero attached hydrogens (tertiary/aromatic N) is 1. The van der Waals surface area contributed by atoms with E-state index >= 15 is 0 Å². The number of amides is 2. The van der Waals surface area contributed by atoms with Crippen LogP contribution in [0.5, 0.6) is 0 Å². The molecule has 142 valence electrons. The number of aryl methyl sites for hydroxylation is 3. The van der Waals surface area contributed by atoms with Crippen molar-refractivity contribution >= 4 is 29.1 Å². The molecule has 1 aliphatic rings. The average molecular weight is 385 g/mol. The van der Waals surface area contributed by atoms with Crippen molar-refractivity contribution in [3.05, 3.63) is 64.2 Å². The molecule has 4 nitrogen and oxygen atoms in total. The van der Waals surface area contributed by atoms with E-state index in [1.54, 1.807) is 4.90 Å². The van der Waals surface area contributed by atoms with Gasteiger partial charge in [0.05, 0.1) is 16.6 Å². The van der Waals surface area contributed by atoms with Crippen molar-refractivity contribution in [1.82, 2.24) is 5.32 Å². The second-order valence-corrected chi connectivity index (χ2v) is 7.61. The Bertz CT molecular complexity index is 812. The molecule has 0 saturated carbocycles. The van der Waals surface area contributed by atoms with Crippen molar-refractivity contribution in [2.45, 2.75) is 33.1 Å². The Balaban J connectivity index is 1.55. The average Bonchev–Trinajstić information content (AvgIpc) is 3.00. The molecule has 0 bridgehead atoms. The molecule has 1 aliphatic heterocycles. The zero-order chi connectivity index (χ0) is 19.4. The van der Waals surface area contributed by atoms with Gasteiger partial charge in [0, 0.05) is 19.5 Å². The number of halogens is 1. The van der Waals surface area contributed by atoms with Crippen LogP contribution < -0.4 is 10.2 Å². The van der Waals surface area contributed by atoms with Crippen LogP contribution in [-0.4, -0.2) is 24.9 Å². The van der Waals surface area contributed by atoms with Crippen LogP contribution >= 0.6 is 11.6 Å². The van der Waals surface area contributed by atoms with E-state index in [0.29, 0.717) is 18.1 Å². The lowest BCUT2D eigenvalue weighted by Crippen LogP contribution is -2.33. The molecule has 1 saturated heterocycles. The summed E-state index contributed by atoms with van der Waals surface area (Å²) in [7, 11) is 0. The number of anilines is 1. The minimum absolute atomic E-state index is 0.0479. The summed E-state index contributed by atoms with van der Waals surface area (Å²) in [6.45, 7) is 4.91. The van der Waals surface area contributed by atoms with E-state index in [-0.39, 0.29) is 24.2 Å². The fraction of sp³-hybridized carbons (Fsp3) is 0.364. The van der Waals surface area contributed by atoms with Crippen molar-refractivity contribution in [3.63, 3.8) is 0 Å². The highest BCUT2D eigenvalue weighted by atomic mass is 35.5. The number of carbonyl (C=O) groups excluding carboxylic acids is 2. The fourth-order valence-electron chi connectivity index (χ4n) is 3.64. The van der Waals surface area contributed by atoms with E-state index in [0.717, 1.165) is 29.7 Å². The molecule has 5 heteroatoms. The lowest BCUT2D eigenvalue weighted by Gasteiger charge is -2.21. The monoisotopic (exact) mass is 384 g/mol. The molecule has 0 spiro atoms. The molecule has 27 heavy (non-hydrogen) atoms. The van der Waals surface area contributed by atoms with Gasteiger partial charge in [0.15, 0.2) is 0 Å². The van der Waals surface area contributed by atoms with Gasteiger partial charge in [0.25, 0.3) is 0 Å². The first-order valence-electron chi connectivity index (χ1n) is 9.34. The number of nitrogens with one attached hydrogen (secondary N) is 1.